The van der Waals surface area contributed by atoms with Crippen molar-refractivity contribution >= 4 is 0 Å². The Labute approximate surface area is 114 Å². The third-order valence-corrected chi connectivity index (χ3v) is 3.17. The van der Waals surface area contributed by atoms with E-state index in [-0.39, 0.29) is 16.7 Å². The van der Waals surface area contributed by atoms with E-state index >= 15 is 0 Å². The second kappa shape index (κ2) is 5.63. The second-order valence-electron chi connectivity index (χ2n) is 4.49. The summed E-state index contributed by atoms with van der Waals surface area (Å²) in [5, 5.41) is 2.72. The van der Waals surface area contributed by atoms with Gasteiger partial charge in [-0.1, -0.05) is 12.1 Å². The molecule has 0 aliphatic heterocycles. The van der Waals surface area contributed by atoms with Crippen LogP contribution in [-0.4, -0.2) is 7.05 Å². The molecule has 0 aromatic heterocycles. The summed E-state index contributed by atoms with van der Waals surface area (Å²) in [4.78, 5) is 0. The number of halogens is 4. The standard InChI is InChI=1S/C15H13F4N/c1-8-3-5-11(17)13(14(8)19)15(20-2)9-4-6-10(16)12(18)7-9/h3-7,15,20H,1-2H3. The molecule has 0 fully saturated rings. The van der Waals surface area contributed by atoms with Gasteiger partial charge in [0.2, 0.25) is 0 Å². The van der Waals surface area contributed by atoms with Crippen molar-refractivity contribution in [1.82, 2.24) is 5.32 Å². The highest BCUT2D eigenvalue weighted by Crippen LogP contribution is 2.29. The van der Waals surface area contributed by atoms with Crippen LogP contribution in [0.5, 0.6) is 0 Å². The minimum Gasteiger partial charge on any atom is -0.309 e. The van der Waals surface area contributed by atoms with Crippen LogP contribution >= 0.6 is 0 Å². The number of rotatable bonds is 3. The number of nitrogens with one attached hydrogen (secondary N) is 1. The molecule has 20 heavy (non-hydrogen) atoms. The number of benzene rings is 2. The largest absolute Gasteiger partial charge is 0.309 e. The van der Waals surface area contributed by atoms with Crippen LogP contribution in [-0.2, 0) is 0 Å². The molecular weight excluding hydrogens is 270 g/mol. The van der Waals surface area contributed by atoms with Gasteiger partial charge < -0.3 is 5.32 Å². The first-order valence-electron chi connectivity index (χ1n) is 6.02. The minimum absolute atomic E-state index is 0.210. The first kappa shape index (κ1) is 14.5. The van der Waals surface area contributed by atoms with Gasteiger partial charge in [0.05, 0.1) is 6.04 Å². The molecule has 0 amide bonds. The van der Waals surface area contributed by atoms with Gasteiger partial charge in [0.15, 0.2) is 11.6 Å². The zero-order chi connectivity index (χ0) is 14.9. The highest BCUT2D eigenvalue weighted by Gasteiger charge is 2.22. The lowest BCUT2D eigenvalue weighted by Crippen LogP contribution is -2.21. The van der Waals surface area contributed by atoms with E-state index in [4.69, 9.17) is 0 Å². The van der Waals surface area contributed by atoms with E-state index in [0.29, 0.717) is 0 Å². The Morgan fingerprint density at radius 3 is 2.15 bits per heavy atom. The normalized spacial score (nSPS) is 12.5. The summed E-state index contributed by atoms with van der Waals surface area (Å²) >= 11 is 0. The van der Waals surface area contributed by atoms with Crippen molar-refractivity contribution in [2.75, 3.05) is 7.05 Å². The van der Waals surface area contributed by atoms with Gasteiger partial charge in [-0.15, -0.1) is 0 Å². The Morgan fingerprint density at radius 1 is 0.900 bits per heavy atom. The van der Waals surface area contributed by atoms with E-state index in [2.05, 4.69) is 5.32 Å². The van der Waals surface area contributed by atoms with Crippen molar-refractivity contribution in [2.45, 2.75) is 13.0 Å². The molecule has 1 nitrogen and oxygen atoms in total. The molecule has 0 heterocycles. The molecule has 1 atom stereocenters. The van der Waals surface area contributed by atoms with Crippen LogP contribution in [0, 0.1) is 30.2 Å². The molecule has 106 valence electrons. The first-order valence-corrected chi connectivity index (χ1v) is 6.02. The van der Waals surface area contributed by atoms with Crippen LogP contribution in [0.1, 0.15) is 22.7 Å². The van der Waals surface area contributed by atoms with E-state index in [0.717, 1.165) is 18.2 Å². The fourth-order valence-electron chi connectivity index (χ4n) is 2.11. The van der Waals surface area contributed by atoms with E-state index in [1.165, 1.54) is 26.1 Å². The van der Waals surface area contributed by atoms with E-state index in [1.54, 1.807) is 0 Å². The van der Waals surface area contributed by atoms with Crippen LogP contribution in [0.15, 0.2) is 30.3 Å². The Hall–Kier alpha value is -1.88. The zero-order valence-electron chi connectivity index (χ0n) is 11.0. The lowest BCUT2D eigenvalue weighted by Gasteiger charge is -2.19. The lowest BCUT2D eigenvalue weighted by atomic mass is 9.96. The van der Waals surface area contributed by atoms with Crippen LogP contribution in [0.3, 0.4) is 0 Å². The van der Waals surface area contributed by atoms with Crippen molar-refractivity contribution in [2.24, 2.45) is 0 Å². The Morgan fingerprint density at radius 2 is 1.55 bits per heavy atom. The molecule has 5 heteroatoms. The van der Waals surface area contributed by atoms with Crippen molar-refractivity contribution in [1.29, 1.82) is 0 Å². The maximum Gasteiger partial charge on any atom is 0.159 e. The van der Waals surface area contributed by atoms with Crippen LogP contribution in [0.2, 0.25) is 0 Å². The average Bonchev–Trinajstić information content (AvgIpc) is 2.42. The topological polar surface area (TPSA) is 12.0 Å². The molecule has 1 unspecified atom stereocenters. The van der Waals surface area contributed by atoms with Crippen molar-refractivity contribution < 1.29 is 17.6 Å². The van der Waals surface area contributed by atoms with Gasteiger partial charge in [0, 0.05) is 5.56 Å². The Kier molecular flexibility index (Phi) is 4.09. The van der Waals surface area contributed by atoms with Gasteiger partial charge in [-0.3, -0.25) is 0 Å². The third-order valence-electron chi connectivity index (χ3n) is 3.17. The summed E-state index contributed by atoms with van der Waals surface area (Å²) in [6.07, 6.45) is 0. The van der Waals surface area contributed by atoms with Crippen molar-refractivity contribution in [3.8, 4) is 0 Å². The van der Waals surface area contributed by atoms with Crippen LogP contribution in [0.4, 0.5) is 17.6 Å². The van der Waals surface area contributed by atoms with E-state index in [9.17, 15) is 17.6 Å². The van der Waals surface area contributed by atoms with Gasteiger partial charge >= 0.3 is 0 Å². The molecule has 2 rings (SSSR count). The minimum atomic E-state index is -1.06. The molecule has 0 saturated carbocycles. The molecule has 1 N–H and O–H groups in total. The van der Waals surface area contributed by atoms with Gasteiger partial charge in [0.25, 0.3) is 0 Å². The summed E-state index contributed by atoms with van der Waals surface area (Å²) in [5.41, 5.74) is 0.317. The van der Waals surface area contributed by atoms with Crippen molar-refractivity contribution in [3.05, 3.63) is 70.3 Å². The first-order chi connectivity index (χ1) is 9.45. The highest BCUT2D eigenvalue weighted by molar-refractivity contribution is 5.36. The molecule has 0 radical (unpaired) electrons. The summed E-state index contributed by atoms with van der Waals surface area (Å²) < 4.78 is 54.2. The Balaban J connectivity index is 2.58. The summed E-state index contributed by atoms with van der Waals surface area (Å²) in [6.45, 7) is 1.51. The van der Waals surface area contributed by atoms with Gasteiger partial charge in [0.1, 0.15) is 11.6 Å². The van der Waals surface area contributed by atoms with E-state index < -0.39 is 29.3 Å². The predicted octanol–water partition coefficient (Wildman–Crippen LogP) is 3.86. The molecule has 0 bridgehead atoms. The zero-order valence-corrected chi connectivity index (χ0v) is 11.0. The summed E-state index contributed by atoms with van der Waals surface area (Å²) in [6, 6.07) is 4.73. The molecule has 2 aromatic rings. The lowest BCUT2D eigenvalue weighted by molar-refractivity contribution is 0.497. The van der Waals surface area contributed by atoms with Crippen LogP contribution in [0.25, 0.3) is 0 Å². The summed E-state index contributed by atoms with van der Waals surface area (Å²) in [7, 11) is 1.49. The Bertz CT molecular complexity index is 640. The maximum atomic E-state index is 14.1. The molecule has 0 saturated heterocycles. The SMILES string of the molecule is CNC(c1ccc(F)c(F)c1)c1c(F)ccc(C)c1F. The number of hydrogen-bond donors (Lipinski definition) is 1. The van der Waals surface area contributed by atoms with Gasteiger partial charge in [-0.05, 0) is 43.3 Å². The van der Waals surface area contributed by atoms with Gasteiger partial charge in [-0.2, -0.15) is 0 Å². The number of hydrogen-bond acceptors (Lipinski definition) is 1. The van der Waals surface area contributed by atoms with Crippen LogP contribution < -0.4 is 5.32 Å². The highest BCUT2D eigenvalue weighted by atomic mass is 19.2. The maximum absolute atomic E-state index is 14.1. The second-order valence-corrected chi connectivity index (χ2v) is 4.49. The monoisotopic (exact) mass is 283 g/mol. The third kappa shape index (κ3) is 2.54. The molecule has 0 spiro atoms. The molecule has 0 aliphatic rings. The molecule has 2 aromatic carbocycles. The average molecular weight is 283 g/mol. The molecule has 0 aliphatic carbocycles. The number of aryl methyl sites for hydroxylation is 1. The fraction of sp³-hybridized carbons (Fsp3) is 0.200. The predicted molar refractivity (Wildman–Crippen MR) is 68.4 cm³/mol. The van der Waals surface area contributed by atoms with Gasteiger partial charge in [-0.25, -0.2) is 17.6 Å². The quantitative estimate of drug-likeness (QED) is 0.843. The summed E-state index contributed by atoms with van der Waals surface area (Å²) in [5.74, 6) is -3.50. The fourth-order valence-corrected chi connectivity index (χ4v) is 2.11. The van der Waals surface area contributed by atoms with Crippen molar-refractivity contribution in [3.63, 3.8) is 0 Å². The van der Waals surface area contributed by atoms with E-state index in [1.807, 2.05) is 0 Å². The molecular formula is C15H13F4N. The smallest absolute Gasteiger partial charge is 0.159 e.